The van der Waals surface area contributed by atoms with Gasteiger partial charge in [-0.15, -0.1) is 22.7 Å². The first-order chi connectivity index (χ1) is 28.3. The summed E-state index contributed by atoms with van der Waals surface area (Å²) in [7, 11) is 0. The first-order valence-corrected chi connectivity index (χ1v) is 20.9. The molecule has 0 unspecified atom stereocenters. The van der Waals surface area contributed by atoms with E-state index >= 15 is 0 Å². The van der Waals surface area contributed by atoms with E-state index in [2.05, 4.69) is 181 Å². The Morgan fingerprint density at radius 2 is 0.947 bits per heavy atom. The molecule has 1 aliphatic rings. The van der Waals surface area contributed by atoms with E-state index < -0.39 is 0 Å². The summed E-state index contributed by atoms with van der Waals surface area (Å²) in [5.41, 5.74) is 9.97. The van der Waals surface area contributed by atoms with Gasteiger partial charge in [0.2, 0.25) is 0 Å². The zero-order valence-corrected chi connectivity index (χ0v) is 32.0. The van der Waals surface area contributed by atoms with E-state index in [-0.39, 0.29) is 0 Å². The molecule has 9 aromatic carbocycles. The number of benzene rings is 9. The van der Waals surface area contributed by atoms with Crippen molar-refractivity contribution in [1.29, 1.82) is 0 Å². The topological polar surface area (TPSA) is 29.0 Å². The lowest BCUT2D eigenvalue weighted by molar-refractivity contribution is 1.23. The van der Waals surface area contributed by atoms with Gasteiger partial charge >= 0.3 is 0 Å². The number of hydrogen-bond donors (Lipinski definition) is 0. The third kappa shape index (κ3) is 4.41. The van der Waals surface area contributed by atoms with Gasteiger partial charge in [-0.3, -0.25) is 0 Å². The molecule has 264 valence electrons. The average Bonchev–Trinajstić information content (AvgIpc) is 3.85. The largest absolute Gasteiger partial charge is 0.307 e. The van der Waals surface area contributed by atoms with Crippen LogP contribution in [0.15, 0.2) is 176 Å². The maximum atomic E-state index is 5.72. The number of aromatic nitrogens is 2. The van der Waals surface area contributed by atoms with Crippen molar-refractivity contribution in [3.63, 3.8) is 0 Å². The van der Waals surface area contributed by atoms with E-state index in [4.69, 9.17) is 9.97 Å². The Bertz CT molecular complexity index is 3670. The predicted molar refractivity (Wildman–Crippen MR) is 245 cm³/mol. The maximum absolute atomic E-state index is 5.72. The molecule has 3 aromatic heterocycles. The Balaban J connectivity index is 1.19. The lowest BCUT2D eigenvalue weighted by atomic mass is 9.87. The van der Waals surface area contributed by atoms with Crippen LogP contribution in [0, 0.1) is 0 Å². The fourth-order valence-corrected chi connectivity index (χ4v) is 11.6. The smallest absolute Gasteiger partial charge is 0.162 e. The van der Waals surface area contributed by atoms with Crippen molar-refractivity contribution in [2.45, 2.75) is 0 Å². The second-order valence-electron chi connectivity index (χ2n) is 14.8. The highest BCUT2D eigenvalue weighted by Gasteiger charge is 2.31. The molecule has 0 bridgehead atoms. The number of hydrogen-bond acceptors (Lipinski definition) is 5. The highest BCUT2D eigenvalue weighted by Crippen LogP contribution is 2.56. The van der Waals surface area contributed by atoms with Crippen molar-refractivity contribution < 1.29 is 0 Å². The molecule has 0 radical (unpaired) electrons. The second kappa shape index (κ2) is 11.8. The van der Waals surface area contributed by atoms with Crippen molar-refractivity contribution >= 4 is 113 Å². The zero-order valence-electron chi connectivity index (χ0n) is 30.4. The van der Waals surface area contributed by atoms with Gasteiger partial charge in [-0.2, -0.15) is 0 Å². The monoisotopic (exact) mass is 759 g/mol. The minimum Gasteiger partial charge on any atom is -0.307 e. The van der Waals surface area contributed by atoms with Crippen LogP contribution in [0.2, 0.25) is 0 Å². The molecule has 1 aliphatic heterocycles. The van der Waals surface area contributed by atoms with E-state index in [0.717, 1.165) is 49.2 Å². The van der Waals surface area contributed by atoms with E-state index in [0.29, 0.717) is 5.82 Å². The van der Waals surface area contributed by atoms with Crippen LogP contribution in [0.3, 0.4) is 0 Å². The predicted octanol–water partition coefficient (Wildman–Crippen LogP) is 15.5. The van der Waals surface area contributed by atoms with E-state index in [1.807, 2.05) is 11.3 Å². The molecule has 0 amide bonds. The van der Waals surface area contributed by atoms with Gasteiger partial charge in [-0.1, -0.05) is 146 Å². The van der Waals surface area contributed by atoms with Crippen LogP contribution in [-0.4, -0.2) is 9.97 Å². The van der Waals surface area contributed by atoms with Gasteiger partial charge in [0.15, 0.2) is 5.82 Å². The van der Waals surface area contributed by atoms with Crippen molar-refractivity contribution in [3.8, 4) is 33.8 Å². The van der Waals surface area contributed by atoms with Crippen LogP contribution in [-0.2, 0) is 0 Å². The van der Waals surface area contributed by atoms with E-state index in [1.165, 1.54) is 68.6 Å². The molecule has 0 atom stereocenters. The number of fused-ring (bicyclic) bond motifs is 11. The third-order valence-corrected chi connectivity index (χ3v) is 14.1. The normalized spacial score (nSPS) is 12.5. The molecule has 12 aromatic rings. The van der Waals surface area contributed by atoms with Gasteiger partial charge in [0, 0.05) is 63.1 Å². The summed E-state index contributed by atoms with van der Waals surface area (Å²) < 4.78 is 4.86. The Kier molecular flexibility index (Phi) is 6.48. The fourth-order valence-electron chi connectivity index (χ4n) is 9.34. The first-order valence-electron chi connectivity index (χ1n) is 19.2. The molecule has 0 saturated carbocycles. The van der Waals surface area contributed by atoms with Crippen LogP contribution in [0.1, 0.15) is 0 Å². The van der Waals surface area contributed by atoms with Gasteiger partial charge in [0.25, 0.3) is 0 Å². The SMILES string of the molecule is c1ccc2c(N3c4c(ccc5ccccc45)-c4cccc5cccc3c45)c(-c3nc(-c4cccc5sc6ccccc6c45)c4sc5ccccc5c4n3)ccc2c1. The van der Waals surface area contributed by atoms with Gasteiger partial charge < -0.3 is 4.90 Å². The van der Waals surface area contributed by atoms with Crippen molar-refractivity contribution in [3.05, 3.63) is 176 Å². The van der Waals surface area contributed by atoms with Crippen molar-refractivity contribution in [2.75, 3.05) is 4.90 Å². The van der Waals surface area contributed by atoms with Crippen LogP contribution < -0.4 is 4.90 Å². The number of nitrogens with zero attached hydrogens (tertiary/aromatic N) is 3. The van der Waals surface area contributed by atoms with E-state index in [9.17, 15) is 0 Å². The second-order valence-corrected chi connectivity index (χ2v) is 17.0. The number of thiophene rings is 2. The molecule has 13 rings (SSSR count). The molecule has 5 heteroatoms. The summed E-state index contributed by atoms with van der Waals surface area (Å²) in [6.45, 7) is 0. The van der Waals surface area contributed by atoms with Gasteiger partial charge in [-0.05, 0) is 52.1 Å². The standard InChI is InChI=1S/C52H29N3S2/c1-3-16-33-30(12-1)26-28-36-35-20-9-14-32-15-10-22-41(45(32)35)55(49(33)36)50-34-17-4-2-13-31(34)27-29-40(50)52-53-47-38-19-6-8-24-43(38)57-51(47)48(54-52)39-21-11-25-44-46(39)37-18-5-7-23-42(37)56-44/h1-29H. The Hall–Kier alpha value is -6.92. The van der Waals surface area contributed by atoms with Crippen LogP contribution in [0.5, 0.6) is 0 Å². The highest BCUT2D eigenvalue weighted by atomic mass is 32.1. The Labute approximate surface area is 335 Å². The average molecular weight is 760 g/mol. The molecule has 0 fully saturated rings. The number of rotatable bonds is 3. The molecule has 3 nitrogen and oxygen atoms in total. The van der Waals surface area contributed by atoms with Crippen molar-refractivity contribution in [2.24, 2.45) is 0 Å². The summed E-state index contributed by atoms with van der Waals surface area (Å²) in [5.74, 6) is 0.714. The zero-order chi connectivity index (χ0) is 37.2. The Morgan fingerprint density at radius 1 is 0.368 bits per heavy atom. The summed E-state index contributed by atoms with van der Waals surface area (Å²) in [6, 6.07) is 64.1. The highest BCUT2D eigenvalue weighted by molar-refractivity contribution is 7.26. The molecular weight excluding hydrogens is 731 g/mol. The van der Waals surface area contributed by atoms with Crippen LogP contribution in [0.4, 0.5) is 17.1 Å². The summed E-state index contributed by atoms with van der Waals surface area (Å²) in [5, 5.41) is 10.9. The lowest BCUT2D eigenvalue weighted by Gasteiger charge is -2.36. The molecule has 0 saturated heterocycles. The van der Waals surface area contributed by atoms with E-state index in [1.54, 1.807) is 11.3 Å². The quantitative estimate of drug-likeness (QED) is 0.180. The maximum Gasteiger partial charge on any atom is 0.162 e. The van der Waals surface area contributed by atoms with Crippen LogP contribution in [0.25, 0.3) is 107 Å². The molecule has 4 heterocycles. The van der Waals surface area contributed by atoms with Gasteiger partial charge in [0.1, 0.15) is 0 Å². The summed E-state index contributed by atoms with van der Waals surface area (Å²) in [4.78, 5) is 13.8. The lowest BCUT2D eigenvalue weighted by Crippen LogP contribution is -2.17. The molecule has 0 spiro atoms. The molecular formula is C52H29N3S2. The van der Waals surface area contributed by atoms with Crippen LogP contribution >= 0.6 is 22.7 Å². The van der Waals surface area contributed by atoms with Gasteiger partial charge in [0.05, 0.1) is 33.0 Å². The minimum absolute atomic E-state index is 0.714. The van der Waals surface area contributed by atoms with Gasteiger partial charge in [-0.25, -0.2) is 9.97 Å². The first kappa shape index (κ1) is 31.3. The summed E-state index contributed by atoms with van der Waals surface area (Å²) >= 11 is 3.63. The summed E-state index contributed by atoms with van der Waals surface area (Å²) in [6.07, 6.45) is 0. The Morgan fingerprint density at radius 3 is 1.74 bits per heavy atom. The molecule has 0 aliphatic carbocycles. The minimum atomic E-state index is 0.714. The fraction of sp³-hybridized carbons (Fsp3) is 0. The molecule has 0 N–H and O–H groups in total. The number of anilines is 3. The molecule has 57 heavy (non-hydrogen) atoms. The van der Waals surface area contributed by atoms with Crippen molar-refractivity contribution in [1.82, 2.24) is 9.97 Å². The third-order valence-electron chi connectivity index (χ3n) is 11.8.